The van der Waals surface area contributed by atoms with Crippen molar-refractivity contribution in [3.05, 3.63) is 57.6 Å². The number of benzene rings is 2. The van der Waals surface area contributed by atoms with Crippen molar-refractivity contribution in [1.29, 1.82) is 0 Å². The molecular formula is C31H39NO10. The van der Waals surface area contributed by atoms with Crippen LogP contribution < -0.4 is 14.2 Å². The number of nitro benzene ring substituents is 1. The number of non-ortho nitro benzene ring substituents is 1. The second-order valence-corrected chi connectivity index (χ2v) is 9.97. The minimum atomic E-state index is -1.07. The van der Waals surface area contributed by atoms with E-state index in [1.165, 1.54) is 12.1 Å². The fraction of sp³-hybridized carbons (Fsp3) is 0.516. The number of hydrogen-bond acceptors (Lipinski definition) is 10. The van der Waals surface area contributed by atoms with E-state index in [0.717, 1.165) is 12.0 Å². The van der Waals surface area contributed by atoms with Gasteiger partial charge in [-0.3, -0.25) is 24.5 Å². The maximum atomic E-state index is 13.4. The first-order valence-corrected chi connectivity index (χ1v) is 14.4. The van der Waals surface area contributed by atoms with E-state index < -0.39 is 22.5 Å². The summed E-state index contributed by atoms with van der Waals surface area (Å²) in [6.45, 7) is 6.63. The molecule has 0 aromatic heterocycles. The second kappa shape index (κ2) is 15.7. The van der Waals surface area contributed by atoms with E-state index >= 15 is 0 Å². The number of hydrogen-bond donors (Lipinski definition) is 0. The third-order valence-electron chi connectivity index (χ3n) is 6.86. The van der Waals surface area contributed by atoms with Crippen molar-refractivity contribution in [1.82, 2.24) is 0 Å². The maximum absolute atomic E-state index is 13.4. The highest BCUT2D eigenvalue weighted by molar-refractivity contribution is 6.01. The Morgan fingerprint density at radius 3 is 2.12 bits per heavy atom. The van der Waals surface area contributed by atoms with E-state index in [1.807, 2.05) is 6.92 Å². The van der Waals surface area contributed by atoms with E-state index in [2.05, 4.69) is 0 Å². The number of rotatable bonds is 17. The van der Waals surface area contributed by atoms with Gasteiger partial charge in [0.25, 0.3) is 5.69 Å². The van der Waals surface area contributed by atoms with Crippen LogP contribution in [0.1, 0.15) is 81.6 Å². The topological polar surface area (TPSA) is 141 Å². The van der Waals surface area contributed by atoms with Gasteiger partial charge in [-0.15, -0.1) is 0 Å². The van der Waals surface area contributed by atoms with Crippen LogP contribution in [0.2, 0.25) is 0 Å². The zero-order chi connectivity index (χ0) is 30.5. The minimum Gasteiger partial charge on any atom is -0.493 e. The number of fused-ring (bicyclic) bond motifs is 1. The molecule has 0 unspecified atom stereocenters. The Kier molecular flexibility index (Phi) is 12.1. The number of nitrogens with zero attached hydrogens (tertiary/aromatic N) is 1. The summed E-state index contributed by atoms with van der Waals surface area (Å²) < 4.78 is 28.6. The highest BCUT2D eigenvalue weighted by Crippen LogP contribution is 2.44. The molecule has 0 aliphatic carbocycles. The first-order chi connectivity index (χ1) is 20.2. The molecule has 42 heavy (non-hydrogen) atoms. The molecule has 0 N–H and O–H groups in total. The normalized spacial score (nSPS) is 13.5. The minimum absolute atomic E-state index is 0.00643. The second-order valence-electron chi connectivity index (χ2n) is 9.97. The van der Waals surface area contributed by atoms with Crippen LogP contribution in [0.4, 0.5) is 5.69 Å². The number of nitro groups is 1. The summed E-state index contributed by atoms with van der Waals surface area (Å²) in [6.07, 6.45) is 2.47. The predicted octanol–water partition coefficient (Wildman–Crippen LogP) is 5.79. The number of ketones is 1. The first-order valence-electron chi connectivity index (χ1n) is 14.4. The molecule has 0 bridgehead atoms. The fourth-order valence-corrected chi connectivity index (χ4v) is 4.83. The zero-order valence-corrected chi connectivity index (χ0v) is 24.5. The smallest absolute Gasteiger partial charge is 0.305 e. The lowest BCUT2D eigenvalue weighted by Gasteiger charge is -2.39. The monoisotopic (exact) mass is 585 g/mol. The van der Waals surface area contributed by atoms with Crippen molar-refractivity contribution in [3.63, 3.8) is 0 Å². The van der Waals surface area contributed by atoms with Crippen molar-refractivity contribution >= 4 is 23.4 Å². The van der Waals surface area contributed by atoms with Gasteiger partial charge in [0.05, 0.1) is 43.3 Å². The summed E-state index contributed by atoms with van der Waals surface area (Å²) in [7, 11) is 0. The number of carbonyl (C=O) groups excluding carboxylic acids is 3. The molecule has 0 saturated heterocycles. The van der Waals surface area contributed by atoms with Crippen LogP contribution in [0.5, 0.6) is 17.2 Å². The Labute approximate surface area is 245 Å². The Morgan fingerprint density at radius 1 is 0.929 bits per heavy atom. The summed E-state index contributed by atoms with van der Waals surface area (Å²) >= 11 is 0. The van der Waals surface area contributed by atoms with Gasteiger partial charge in [-0.25, -0.2) is 0 Å². The van der Waals surface area contributed by atoms with Crippen LogP contribution in [0.25, 0.3) is 0 Å². The summed E-state index contributed by atoms with van der Waals surface area (Å²) in [6, 6.07) is 9.33. The number of esters is 2. The number of Topliss-reactive ketones (excluding diaryl/α,β-unsaturated/α-hetero) is 1. The molecule has 0 fully saturated rings. The lowest BCUT2D eigenvalue weighted by Crippen LogP contribution is -2.43. The molecule has 2 aromatic carbocycles. The third kappa shape index (κ3) is 8.92. The highest BCUT2D eigenvalue weighted by atomic mass is 16.6. The molecule has 1 aliphatic rings. The van der Waals surface area contributed by atoms with E-state index in [1.54, 1.807) is 38.1 Å². The molecule has 0 atom stereocenters. The van der Waals surface area contributed by atoms with E-state index in [9.17, 15) is 24.5 Å². The first kappa shape index (κ1) is 32.4. The van der Waals surface area contributed by atoms with Crippen LogP contribution in [-0.4, -0.2) is 54.7 Å². The van der Waals surface area contributed by atoms with Gasteiger partial charge in [0, 0.05) is 37.0 Å². The van der Waals surface area contributed by atoms with E-state index in [4.69, 9.17) is 23.7 Å². The van der Waals surface area contributed by atoms with Gasteiger partial charge in [-0.2, -0.15) is 0 Å². The van der Waals surface area contributed by atoms with E-state index in [-0.39, 0.29) is 56.8 Å². The van der Waals surface area contributed by atoms with Gasteiger partial charge < -0.3 is 23.7 Å². The van der Waals surface area contributed by atoms with Gasteiger partial charge in [0.2, 0.25) is 0 Å². The summed E-state index contributed by atoms with van der Waals surface area (Å²) in [5.74, 6) is 0.637. The van der Waals surface area contributed by atoms with Crippen molar-refractivity contribution in [3.8, 4) is 17.2 Å². The molecule has 0 saturated carbocycles. The maximum Gasteiger partial charge on any atom is 0.305 e. The van der Waals surface area contributed by atoms with Crippen molar-refractivity contribution < 1.29 is 43.0 Å². The van der Waals surface area contributed by atoms with Crippen molar-refractivity contribution in [2.45, 2.75) is 77.7 Å². The zero-order valence-electron chi connectivity index (χ0n) is 24.5. The van der Waals surface area contributed by atoms with Crippen LogP contribution in [0.3, 0.4) is 0 Å². The average Bonchev–Trinajstić information content (AvgIpc) is 2.96. The van der Waals surface area contributed by atoms with Crippen molar-refractivity contribution in [2.75, 3.05) is 26.4 Å². The lowest BCUT2D eigenvalue weighted by atomic mass is 9.82. The Morgan fingerprint density at radius 2 is 1.55 bits per heavy atom. The molecule has 2 aromatic rings. The molecule has 1 aliphatic heterocycles. The number of carbonyl (C=O) groups is 3. The molecule has 1 heterocycles. The molecular weight excluding hydrogens is 546 g/mol. The Hall–Kier alpha value is -4.15. The van der Waals surface area contributed by atoms with Gasteiger partial charge in [0.1, 0.15) is 22.8 Å². The molecule has 11 nitrogen and oxygen atoms in total. The van der Waals surface area contributed by atoms with Crippen molar-refractivity contribution in [2.24, 2.45) is 0 Å². The van der Waals surface area contributed by atoms with Gasteiger partial charge >= 0.3 is 11.9 Å². The van der Waals surface area contributed by atoms with Crippen LogP contribution in [0.15, 0.2) is 36.4 Å². The van der Waals surface area contributed by atoms with Gasteiger partial charge in [-0.1, -0.05) is 13.3 Å². The molecule has 3 rings (SSSR count). The summed E-state index contributed by atoms with van der Waals surface area (Å²) in [4.78, 5) is 48.2. The number of ether oxygens (including phenoxy) is 5. The molecule has 0 amide bonds. The van der Waals surface area contributed by atoms with Crippen LogP contribution in [0, 0.1) is 10.1 Å². The standard InChI is InChI=1S/C31H39NO10/c1-4-8-25-27(41-20-7-19-40-23-11-9-22(10-12-23)32(36)37)14-13-24-26(33)21-31(42-30(24)25,17-15-28(34)38-5-2)18-16-29(35)39-6-3/h9-14H,4-8,15-21H2,1-3H3. The van der Waals surface area contributed by atoms with E-state index in [0.29, 0.717) is 48.9 Å². The lowest BCUT2D eigenvalue weighted by molar-refractivity contribution is -0.384. The molecule has 11 heteroatoms. The molecule has 228 valence electrons. The fourth-order valence-electron chi connectivity index (χ4n) is 4.83. The molecule has 0 radical (unpaired) electrons. The Balaban J connectivity index is 1.74. The summed E-state index contributed by atoms with van der Waals surface area (Å²) in [5, 5.41) is 10.8. The molecule has 0 spiro atoms. The van der Waals surface area contributed by atoms with Gasteiger partial charge in [0.15, 0.2) is 5.78 Å². The Bertz CT molecular complexity index is 1220. The summed E-state index contributed by atoms with van der Waals surface area (Å²) in [5.41, 5.74) is 0.141. The highest BCUT2D eigenvalue weighted by Gasteiger charge is 2.42. The average molecular weight is 586 g/mol. The van der Waals surface area contributed by atoms with Crippen LogP contribution >= 0.6 is 0 Å². The quantitative estimate of drug-likeness (QED) is 0.0970. The van der Waals surface area contributed by atoms with Gasteiger partial charge in [-0.05, 0) is 57.4 Å². The largest absolute Gasteiger partial charge is 0.493 e. The van der Waals surface area contributed by atoms with Crippen LogP contribution in [-0.2, 0) is 25.5 Å². The predicted molar refractivity (Wildman–Crippen MR) is 153 cm³/mol. The third-order valence-corrected chi connectivity index (χ3v) is 6.86. The SMILES string of the molecule is CCCc1c(OCCCOc2ccc([N+](=O)[O-])cc2)ccc2c1OC(CCC(=O)OCC)(CCC(=O)OCC)CC2=O.